The highest BCUT2D eigenvalue weighted by atomic mass is 35.5. The Bertz CT molecular complexity index is 587. The first-order valence-corrected chi connectivity index (χ1v) is 5.21. The van der Waals surface area contributed by atoms with E-state index in [0.29, 0.717) is 6.07 Å². The number of pyridine rings is 1. The van der Waals surface area contributed by atoms with E-state index in [9.17, 15) is 13.2 Å². The molecule has 0 aliphatic rings. The maximum Gasteiger partial charge on any atom is 0.249 e. The van der Waals surface area contributed by atoms with Gasteiger partial charge in [-0.25, -0.2) is 13.8 Å². The molecule has 0 N–H and O–H groups in total. The zero-order chi connectivity index (χ0) is 12.6. The van der Waals surface area contributed by atoms with Crippen LogP contribution in [-0.4, -0.2) is 4.98 Å². The summed E-state index contributed by atoms with van der Waals surface area (Å²) < 4.78 is 39.1. The summed E-state index contributed by atoms with van der Waals surface area (Å²) in [5, 5.41) is 0.433. The molecule has 0 unspecified atom stereocenters. The molecule has 1 nitrogen and oxygen atoms in total. The molecular formula is C11H4Cl2F3N. The predicted octanol–water partition coefficient (Wildman–Crippen LogP) is 4.47. The largest absolute Gasteiger partial charge is 0.249 e. The third-order valence-corrected chi connectivity index (χ3v) is 2.63. The third kappa shape index (κ3) is 2.37. The quantitative estimate of drug-likeness (QED) is 0.701. The highest BCUT2D eigenvalue weighted by Crippen LogP contribution is 2.31. The number of hydrogen-bond donors (Lipinski definition) is 0. The van der Waals surface area contributed by atoms with Gasteiger partial charge in [-0.1, -0.05) is 23.2 Å². The van der Waals surface area contributed by atoms with E-state index in [-0.39, 0.29) is 21.3 Å². The molecule has 1 aromatic heterocycles. The SMILES string of the molecule is Fc1cc(F)c(-c2cc(Cl)ccc2Cl)nc1F. The van der Waals surface area contributed by atoms with Crippen molar-refractivity contribution in [2.24, 2.45) is 0 Å². The molecule has 2 rings (SSSR count). The first-order valence-electron chi connectivity index (χ1n) is 4.46. The van der Waals surface area contributed by atoms with Crippen LogP contribution in [0.4, 0.5) is 13.2 Å². The van der Waals surface area contributed by atoms with Gasteiger partial charge in [-0.15, -0.1) is 0 Å². The van der Waals surface area contributed by atoms with Crippen molar-refractivity contribution in [3.8, 4) is 11.3 Å². The minimum Gasteiger partial charge on any atom is -0.214 e. The van der Waals surface area contributed by atoms with Crippen LogP contribution in [0.2, 0.25) is 10.0 Å². The number of benzene rings is 1. The lowest BCUT2D eigenvalue weighted by molar-refractivity contribution is 0.466. The summed E-state index contributed by atoms with van der Waals surface area (Å²) in [6.07, 6.45) is 0. The van der Waals surface area contributed by atoms with E-state index >= 15 is 0 Å². The molecule has 0 amide bonds. The highest BCUT2D eigenvalue weighted by molar-refractivity contribution is 6.35. The Morgan fingerprint density at radius 3 is 2.35 bits per heavy atom. The maximum atomic E-state index is 13.5. The van der Waals surface area contributed by atoms with Gasteiger partial charge in [0.05, 0.1) is 5.02 Å². The van der Waals surface area contributed by atoms with Gasteiger partial charge in [0.15, 0.2) is 11.6 Å². The van der Waals surface area contributed by atoms with Crippen LogP contribution in [0.5, 0.6) is 0 Å². The summed E-state index contributed by atoms with van der Waals surface area (Å²) in [6, 6.07) is 4.65. The minimum absolute atomic E-state index is 0.107. The van der Waals surface area contributed by atoms with Crippen LogP contribution in [0.3, 0.4) is 0 Å². The molecule has 0 aliphatic carbocycles. The Morgan fingerprint density at radius 2 is 1.65 bits per heavy atom. The monoisotopic (exact) mass is 277 g/mol. The fourth-order valence-electron chi connectivity index (χ4n) is 1.31. The molecule has 2 aromatic rings. The zero-order valence-electron chi connectivity index (χ0n) is 8.15. The van der Waals surface area contributed by atoms with Crippen molar-refractivity contribution < 1.29 is 13.2 Å². The first kappa shape index (κ1) is 12.2. The van der Waals surface area contributed by atoms with Gasteiger partial charge in [0, 0.05) is 16.7 Å². The van der Waals surface area contributed by atoms with E-state index in [1.165, 1.54) is 18.2 Å². The standard InChI is InChI=1S/C11H4Cl2F3N/c12-5-1-2-7(13)6(3-5)10-8(14)4-9(15)11(16)17-10/h1-4H. The topological polar surface area (TPSA) is 12.9 Å². The van der Waals surface area contributed by atoms with Crippen LogP contribution in [0.1, 0.15) is 0 Å². The lowest BCUT2D eigenvalue weighted by Gasteiger charge is -2.06. The smallest absolute Gasteiger partial charge is 0.214 e. The summed E-state index contributed by atoms with van der Waals surface area (Å²) in [5.41, 5.74) is -0.271. The molecular weight excluding hydrogens is 274 g/mol. The van der Waals surface area contributed by atoms with Crippen LogP contribution < -0.4 is 0 Å². The average Bonchev–Trinajstić information content (AvgIpc) is 2.27. The summed E-state index contributed by atoms with van der Waals surface area (Å²) in [7, 11) is 0. The number of hydrogen-bond acceptors (Lipinski definition) is 1. The Labute approximate surface area is 105 Å². The van der Waals surface area contributed by atoms with Crippen molar-refractivity contribution >= 4 is 23.2 Å². The lowest BCUT2D eigenvalue weighted by atomic mass is 10.1. The normalized spacial score (nSPS) is 10.6. The van der Waals surface area contributed by atoms with Crippen LogP contribution in [0.15, 0.2) is 24.3 Å². The van der Waals surface area contributed by atoms with Gasteiger partial charge in [-0.2, -0.15) is 4.39 Å². The minimum atomic E-state index is -1.39. The summed E-state index contributed by atoms with van der Waals surface area (Å²) >= 11 is 11.5. The second-order valence-electron chi connectivity index (χ2n) is 3.22. The Hall–Kier alpha value is -1.26. The summed E-state index contributed by atoms with van der Waals surface area (Å²) in [5.74, 6) is -3.75. The first-order chi connectivity index (χ1) is 7.99. The van der Waals surface area contributed by atoms with Crippen molar-refractivity contribution in [2.75, 3.05) is 0 Å². The molecule has 1 aromatic carbocycles. The van der Waals surface area contributed by atoms with Crippen LogP contribution in [-0.2, 0) is 0 Å². The fraction of sp³-hybridized carbons (Fsp3) is 0. The third-order valence-electron chi connectivity index (χ3n) is 2.07. The molecule has 0 saturated carbocycles. The van der Waals surface area contributed by atoms with Gasteiger partial charge in [0.1, 0.15) is 5.69 Å². The molecule has 0 aliphatic heterocycles. The molecule has 0 atom stereocenters. The van der Waals surface area contributed by atoms with Crippen LogP contribution in [0, 0.1) is 17.6 Å². The highest BCUT2D eigenvalue weighted by Gasteiger charge is 2.15. The second-order valence-corrected chi connectivity index (χ2v) is 4.06. The van der Waals surface area contributed by atoms with Crippen LogP contribution in [0.25, 0.3) is 11.3 Å². The van der Waals surface area contributed by atoms with Gasteiger partial charge in [0.25, 0.3) is 0 Å². The van der Waals surface area contributed by atoms with E-state index in [0.717, 1.165) is 0 Å². The summed E-state index contributed by atoms with van der Waals surface area (Å²) in [6.45, 7) is 0. The molecule has 0 radical (unpaired) electrons. The van der Waals surface area contributed by atoms with E-state index in [2.05, 4.69) is 4.98 Å². The van der Waals surface area contributed by atoms with E-state index < -0.39 is 17.6 Å². The summed E-state index contributed by atoms with van der Waals surface area (Å²) in [4.78, 5) is 3.18. The maximum absolute atomic E-state index is 13.5. The van der Waals surface area contributed by atoms with Gasteiger partial charge in [0.2, 0.25) is 5.95 Å². The number of nitrogens with zero attached hydrogens (tertiary/aromatic N) is 1. The predicted molar refractivity (Wildman–Crippen MR) is 59.6 cm³/mol. The molecule has 0 spiro atoms. The molecule has 6 heteroatoms. The lowest BCUT2D eigenvalue weighted by Crippen LogP contribution is -1.97. The fourth-order valence-corrected chi connectivity index (χ4v) is 1.69. The average molecular weight is 278 g/mol. The Balaban J connectivity index is 2.68. The van der Waals surface area contributed by atoms with Crippen molar-refractivity contribution in [1.29, 1.82) is 0 Å². The number of halogens is 5. The van der Waals surface area contributed by atoms with Gasteiger partial charge in [-0.05, 0) is 18.2 Å². The van der Waals surface area contributed by atoms with Crippen molar-refractivity contribution in [2.45, 2.75) is 0 Å². The van der Waals surface area contributed by atoms with Crippen molar-refractivity contribution in [3.63, 3.8) is 0 Å². The van der Waals surface area contributed by atoms with Crippen molar-refractivity contribution in [1.82, 2.24) is 4.98 Å². The second kappa shape index (κ2) is 4.55. The molecule has 1 heterocycles. The zero-order valence-corrected chi connectivity index (χ0v) is 9.66. The molecule has 0 saturated heterocycles. The van der Waals surface area contributed by atoms with Gasteiger partial charge >= 0.3 is 0 Å². The van der Waals surface area contributed by atoms with Crippen LogP contribution >= 0.6 is 23.2 Å². The molecule has 88 valence electrons. The van der Waals surface area contributed by atoms with E-state index in [4.69, 9.17) is 23.2 Å². The van der Waals surface area contributed by atoms with Gasteiger partial charge < -0.3 is 0 Å². The van der Waals surface area contributed by atoms with Gasteiger partial charge in [-0.3, -0.25) is 0 Å². The van der Waals surface area contributed by atoms with E-state index in [1.54, 1.807) is 0 Å². The Kier molecular flexibility index (Phi) is 3.26. The number of aromatic nitrogens is 1. The molecule has 0 bridgehead atoms. The number of rotatable bonds is 1. The Morgan fingerprint density at radius 1 is 0.941 bits per heavy atom. The molecule has 0 fully saturated rings. The molecule has 17 heavy (non-hydrogen) atoms. The van der Waals surface area contributed by atoms with E-state index in [1.807, 2.05) is 0 Å². The van der Waals surface area contributed by atoms with Crippen molar-refractivity contribution in [3.05, 3.63) is 51.9 Å².